The molecule has 1 aromatic heterocycles. The molecule has 0 unspecified atom stereocenters. The van der Waals surface area contributed by atoms with E-state index in [0.717, 1.165) is 12.8 Å². The summed E-state index contributed by atoms with van der Waals surface area (Å²) in [6.45, 7) is 2.63. The first-order valence-corrected chi connectivity index (χ1v) is 6.95. The topological polar surface area (TPSA) is 76.7 Å². The van der Waals surface area contributed by atoms with E-state index in [-0.39, 0.29) is 5.56 Å². The SMILES string of the molecule is CCCCOc1cc2oc(=O)c(C(=O)O)cc2cc1Br. The molecule has 0 aliphatic heterocycles. The normalized spacial score (nSPS) is 10.7. The first-order valence-electron chi connectivity index (χ1n) is 6.16. The van der Waals surface area contributed by atoms with Crippen LogP contribution in [0.3, 0.4) is 0 Å². The van der Waals surface area contributed by atoms with Gasteiger partial charge in [-0.05, 0) is 34.5 Å². The summed E-state index contributed by atoms with van der Waals surface area (Å²) in [5, 5.41) is 9.42. The van der Waals surface area contributed by atoms with Crippen LogP contribution in [0.25, 0.3) is 11.0 Å². The number of unbranched alkanes of at least 4 members (excludes halogenated alkanes) is 1. The minimum absolute atomic E-state index is 0.301. The third-order valence-electron chi connectivity index (χ3n) is 2.77. The van der Waals surface area contributed by atoms with E-state index in [1.165, 1.54) is 6.07 Å². The lowest BCUT2D eigenvalue weighted by Gasteiger charge is -2.08. The van der Waals surface area contributed by atoms with E-state index in [1.807, 2.05) is 0 Å². The zero-order valence-corrected chi connectivity index (χ0v) is 12.4. The Morgan fingerprint density at radius 2 is 2.15 bits per heavy atom. The van der Waals surface area contributed by atoms with Gasteiger partial charge in [-0.25, -0.2) is 9.59 Å². The van der Waals surface area contributed by atoms with Crippen LogP contribution in [0.15, 0.2) is 31.9 Å². The van der Waals surface area contributed by atoms with Crippen molar-refractivity contribution in [1.82, 2.24) is 0 Å². The fourth-order valence-corrected chi connectivity index (χ4v) is 2.18. The van der Waals surface area contributed by atoms with Crippen LogP contribution < -0.4 is 10.4 Å². The molecule has 0 amide bonds. The largest absolute Gasteiger partial charge is 0.492 e. The van der Waals surface area contributed by atoms with Gasteiger partial charge in [-0.1, -0.05) is 13.3 Å². The number of carboxylic acids is 1. The summed E-state index contributed by atoms with van der Waals surface area (Å²) in [5.41, 5.74) is -0.953. The van der Waals surface area contributed by atoms with Gasteiger partial charge in [0.25, 0.3) is 0 Å². The first kappa shape index (κ1) is 14.6. The van der Waals surface area contributed by atoms with Crippen molar-refractivity contribution in [3.8, 4) is 5.75 Å². The summed E-state index contributed by atoms with van der Waals surface area (Å²) in [4.78, 5) is 22.4. The molecule has 5 nitrogen and oxygen atoms in total. The van der Waals surface area contributed by atoms with Crippen molar-refractivity contribution in [1.29, 1.82) is 0 Å². The molecule has 6 heteroatoms. The third-order valence-corrected chi connectivity index (χ3v) is 3.39. The zero-order valence-electron chi connectivity index (χ0n) is 10.8. The van der Waals surface area contributed by atoms with Crippen LogP contribution in [0.5, 0.6) is 5.75 Å². The van der Waals surface area contributed by atoms with Crippen LogP contribution in [-0.2, 0) is 0 Å². The lowest BCUT2D eigenvalue weighted by atomic mass is 10.2. The fraction of sp³-hybridized carbons (Fsp3) is 0.286. The van der Waals surface area contributed by atoms with E-state index in [4.69, 9.17) is 14.3 Å². The average molecular weight is 341 g/mol. The van der Waals surface area contributed by atoms with Crippen LogP contribution in [0.4, 0.5) is 0 Å². The van der Waals surface area contributed by atoms with Gasteiger partial charge in [0, 0.05) is 11.5 Å². The summed E-state index contributed by atoms with van der Waals surface area (Å²) in [7, 11) is 0. The van der Waals surface area contributed by atoms with E-state index in [0.29, 0.717) is 27.8 Å². The molecule has 0 atom stereocenters. The number of ether oxygens (including phenoxy) is 1. The number of carbonyl (C=O) groups is 1. The Balaban J connectivity index is 2.46. The molecule has 0 saturated heterocycles. The van der Waals surface area contributed by atoms with Gasteiger partial charge in [0.05, 0.1) is 11.1 Å². The van der Waals surface area contributed by atoms with Crippen molar-refractivity contribution in [2.75, 3.05) is 6.61 Å². The third kappa shape index (κ3) is 3.01. The van der Waals surface area contributed by atoms with E-state index in [1.54, 1.807) is 12.1 Å². The van der Waals surface area contributed by atoms with Gasteiger partial charge >= 0.3 is 11.6 Å². The Hall–Kier alpha value is -1.82. The van der Waals surface area contributed by atoms with Gasteiger partial charge < -0.3 is 14.3 Å². The van der Waals surface area contributed by atoms with Crippen LogP contribution in [0, 0.1) is 0 Å². The molecule has 0 saturated carbocycles. The number of fused-ring (bicyclic) bond motifs is 1. The zero-order chi connectivity index (χ0) is 14.7. The highest BCUT2D eigenvalue weighted by atomic mass is 79.9. The Bertz CT molecular complexity index is 705. The molecule has 20 heavy (non-hydrogen) atoms. The lowest BCUT2D eigenvalue weighted by molar-refractivity contribution is 0.0692. The molecule has 0 fully saturated rings. The summed E-state index contributed by atoms with van der Waals surface area (Å²) in [6, 6.07) is 4.55. The summed E-state index contributed by atoms with van der Waals surface area (Å²) < 4.78 is 11.3. The average Bonchev–Trinajstić information content (AvgIpc) is 2.39. The second-order valence-corrected chi connectivity index (χ2v) is 5.13. The van der Waals surface area contributed by atoms with Gasteiger partial charge in [-0.2, -0.15) is 0 Å². The highest BCUT2D eigenvalue weighted by Gasteiger charge is 2.14. The van der Waals surface area contributed by atoms with Crippen molar-refractivity contribution in [2.45, 2.75) is 19.8 Å². The highest BCUT2D eigenvalue weighted by Crippen LogP contribution is 2.30. The van der Waals surface area contributed by atoms with E-state index < -0.39 is 11.6 Å². The molecule has 106 valence electrons. The second kappa shape index (κ2) is 6.09. The quantitative estimate of drug-likeness (QED) is 0.666. The minimum Gasteiger partial charge on any atom is -0.492 e. The molecule has 2 rings (SSSR count). The Labute approximate surface area is 123 Å². The molecule has 1 N–H and O–H groups in total. The monoisotopic (exact) mass is 340 g/mol. The molecular weight excluding hydrogens is 328 g/mol. The van der Waals surface area contributed by atoms with Crippen LogP contribution in [0.1, 0.15) is 30.1 Å². The van der Waals surface area contributed by atoms with Crippen LogP contribution >= 0.6 is 15.9 Å². The highest BCUT2D eigenvalue weighted by molar-refractivity contribution is 9.10. The number of hydrogen-bond donors (Lipinski definition) is 1. The molecule has 0 radical (unpaired) electrons. The standard InChI is InChI=1S/C14H13BrO5/c1-2-3-4-19-12-7-11-8(6-10(12)15)5-9(13(16)17)14(18)20-11/h5-7H,2-4H2,1H3,(H,16,17). The first-order chi connectivity index (χ1) is 9.52. The van der Waals surface area contributed by atoms with Gasteiger partial charge in [0.15, 0.2) is 0 Å². The van der Waals surface area contributed by atoms with Crippen molar-refractivity contribution in [2.24, 2.45) is 0 Å². The predicted molar refractivity (Wildman–Crippen MR) is 77.5 cm³/mol. The number of hydrogen-bond acceptors (Lipinski definition) is 4. The summed E-state index contributed by atoms with van der Waals surface area (Å²) in [5.74, 6) is -0.739. The summed E-state index contributed by atoms with van der Waals surface area (Å²) in [6.07, 6.45) is 1.94. The molecule has 1 heterocycles. The van der Waals surface area contributed by atoms with Crippen molar-refractivity contribution in [3.63, 3.8) is 0 Å². The maximum Gasteiger partial charge on any atom is 0.351 e. The number of aromatic carboxylic acids is 1. The van der Waals surface area contributed by atoms with Crippen LogP contribution in [0.2, 0.25) is 0 Å². The molecule has 1 aromatic carbocycles. The smallest absolute Gasteiger partial charge is 0.351 e. The number of benzene rings is 1. The summed E-state index contributed by atoms with van der Waals surface area (Å²) >= 11 is 3.36. The maximum atomic E-state index is 11.5. The molecule has 0 aliphatic rings. The van der Waals surface area contributed by atoms with Gasteiger partial charge in [0.1, 0.15) is 16.9 Å². The van der Waals surface area contributed by atoms with Gasteiger partial charge in [0.2, 0.25) is 0 Å². The molecule has 0 bridgehead atoms. The Morgan fingerprint density at radius 3 is 2.80 bits per heavy atom. The maximum absolute atomic E-state index is 11.5. The van der Waals surface area contributed by atoms with Gasteiger partial charge in [-0.15, -0.1) is 0 Å². The van der Waals surface area contributed by atoms with E-state index in [2.05, 4.69) is 22.9 Å². The number of carboxylic acid groups (broad SMARTS) is 1. The van der Waals surface area contributed by atoms with Crippen molar-refractivity contribution in [3.05, 3.63) is 38.7 Å². The van der Waals surface area contributed by atoms with E-state index >= 15 is 0 Å². The molecule has 0 spiro atoms. The van der Waals surface area contributed by atoms with E-state index in [9.17, 15) is 9.59 Å². The minimum atomic E-state index is -1.31. The molecular formula is C14H13BrO5. The molecule has 0 aliphatic carbocycles. The fourth-order valence-electron chi connectivity index (χ4n) is 1.71. The van der Waals surface area contributed by atoms with Crippen molar-refractivity contribution < 1.29 is 19.1 Å². The van der Waals surface area contributed by atoms with Gasteiger partial charge in [-0.3, -0.25) is 0 Å². The Morgan fingerprint density at radius 1 is 1.40 bits per heavy atom. The van der Waals surface area contributed by atoms with Crippen LogP contribution in [-0.4, -0.2) is 17.7 Å². The lowest BCUT2D eigenvalue weighted by Crippen LogP contribution is -2.12. The predicted octanol–water partition coefficient (Wildman–Crippen LogP) is 3.43. The van der Waals surface area contributed by atoms with Crippen molar-refractivity contribution >= 4 is 32.9 Å². The second-order valence-electron chi connectivity index (χ2n) is 4.28. The molecule has 2 aromatic rings. The number of halogens is 1. The number of rotatable bonds is 5. The Kier molecular flexibility index (Phi) is 4.44.